The van der Waals surface area contributed by atoms with Crippen molar-refractivity contribution in [3.63, 3.8) is 0 Å². The number of sulfone groups is 1. The molecule has 35 heavy (non-hydrogen) atoms. The number of methoxy groups -OCH3 is 1. The highest BCUT2D eigenvalue weighted by Gasteiger charge is 2.48. The summed E-state index contributed by atoms with van der Waals surface area (Å²) in [5, 5.41) is 3.31. The van der Waals surface area contributed by atoms with Crippen LogP contribution in [0.2, 0.25) is 0 Å². The molecule has 0 heterocycles. The fraction of sp³-hybridized carbons (Fsp3) is 0.519. The Kier molecular flexibility index (Phi) is 12.3. The van der Waals surface area contributed by atoms with Crippen LogP contribution >= 0.6 is 0 Å². The molecule has 2 aromatic rings. The number of hydrogen-bond acceptors (Lipinski definition) is 7. The fourth-order valence-electron chi connectivity index (χ4n) is 3.50. The summed E-state index contributed by atoms with van der Waals surface area (Å²) in [5.74, 6) is 0.435. The van der Waals surface area contributed by atoms with Crippen molar-refractivity contribution < 1.29 is 27.4 Å². The SMILES string of the molecule is CC(C)NC(C)C.CCOC(=O)C(C)(Cc1ccc(OCC)cc1)S(=O)(=O)c1ccc(OC)cc1. The van der Waals surface area contributed by atoms with Crippen molar-refractivity contribution >= 4 is 15.8 Å². The van der Waals surface area contributed by atoms with Crippen LogP contribution in [-0.2, 0) is 25.8 Å². The lowest BCUT2D eigenvalue weighted by Crippen LogP contribution is -2.46. The highest BCUT2D eigenvalue weighted by molar-refractivity contribution is 7.93. The van der Waals surface area contributed by atoms with Gasteiger partial charge in [0.05, 0.1) is 25.2 Å². The molecule has 0 aromatic heterocycles. The van der Waals surface area contributed by atoms with E-state index in [0.29, 0.717) is 35.8 Å². The van der Waals surface area contributed by atoms with E-state index in [4.69, 9.17) is 14.2 Å². The van der Waals surface area contributed by atoms with Gasteiger partial charge in [-0.15, -0.1) is 0 Å². The fourth-order valence-corrected chi connectivity index (χ4v) is 5.15. The van der Waals surface area contributed by atoms with Crippen LogP contribution in [0, 0.1) is 0 Å². The lowest BCUT2D eigenvalue weighted by Gasteiger charge is -2.27. The zero-order valence-electron chi connectivity index (χ0n) is 22.3. The van der Waals surface area contributed by atoms with E-state index in [-0.39, 0.29) is 17.9 Å². The topological polar surface area (TPSA) is 90.9 Å². The number of ether oxygens (including phenoxy) is 3. The van der Waals surface area contributed by atoms with Gasteiger partial charge < -0.3 is 19.5 Å². The summed E-state index contributed by atoms with van der Waals surface area (Å²) >= 11 is 0. The molecule has 0 spiro atoms. The smallest absolute Gasteiger partial charge is 0.327 e. The second-order valence-corrected chi connectivity index (χ2v) is 11.2. The molecule has 8 heteroatoms. The summed E-state index contributed by atoms with van der Waals surface area (Å²) in [4.78, 5) is 12.8. The van der Waals surface area contributed by atoms with Crippen LogP contribution in [-0.4, -0.2) is 51.5 Å². The standard InChI is InChI=1S/C21H26O6S.C6H15N/c1-5-26-18-9-7-16(8-10-18)15-21(3,20(22)27-6-2)28(23,24)19-13-11-17(25-4)12-14-19;1-5(2)7-6(3)4/h7-14H,5-6,15H2,1-4H3;5-7H,1-4H3. The molecule has 0 aliphatic rings. The Morgan fingerprint density at radius 3 is 1.80 bits per heavy atom. The minimum Gasteiger partial charge on any atom is -0.497 e. The summed E-state index contributed by atoms with van der Waals surface area (Å²) in [6.45, 7) is 14.2. The van der Waals surface area contributed by atoms with Crippen LogP contribution in [0.15, 0.2) is 53.4 Å². The summed E-state index contributed by atoms with van der Waals surface area (Å²) < 4.78 is 40.6. The van der Waals surface area contributed by atoms with Crippen molar-refractivity contribution in [2.45, 2.75) is 76.6 Å². The highest BCUT2D eigenvalue weighted by Crippen LogP contribution is 2.32. The van der Waals surface area contributed by atoms with Crippen LogP contribution in [0.25, 0.3) is 0 Å². The Morgan fingerprint density at radius 2 is 1.40 bits per heavy atom. The Labute approximate surface area is 211 Å². The second kappa shape index (κ2) is 14.1. The molecule has 7 nitrogen and oxygen atoms in total. The molecule has 1 atom stereocenters. The Balaban J connectivity index is 0.000000762. The predicted molar refractivity (Wildman–Crippen MR) is 140 cm³/mol. The first kappa shape index (κ1) is 30.5. The van der Waals surface area contributed by atoms with Crippen molar-refractivity contribution in [1.29, 1.82) is 0 Å². The molecule has 0 saturated carbocycles. The molecule has 0 amide bonds. The van der Waals surface area contributed by atoms with Crippen molar-refractivity contribution in [2.75, 3.05) is 20.3 Å². The van der Waals surface area contributed by atoms with Crippen LogP contribution in [0.4, 0.5) is 0 Å². The maximum atomic E-state index is 13.4. The van der Waals surface area contributed by atoms with Gasteiger partial charge >= 0.3 is 5.97 Å². The molecule has 0 fully saturated rings. The van der Waals surface area contributed by atoms with Crippen molar-refractivity contribution in [3.8, 4) is 11.5 Å². The predicted octanol–water partition coefficient (Wildman–Crippen LogP) is 4.82. The molecular weight excluding hydrogens is 466 g/mol. The lowest BCUT2D eigenvalue weighted by atomic mass is 10.00. The van der Waals surface area contributed by atoms with E-state index < -0.39 is 20.6 Å². The first-order valence-corrected chi connectivity index (χ1v) is 13.4. The van der Waals surface area contributed by atoms with Gasteiger partial charge in [0.15, 0.2) is 14.6 Å². The van der Waals surface area contributed by atoms with E-state index in [2.05, 4.69) is 33.0 Å². The number of rotatable bonds is 11. The summed E-state index contributed by atoms with van der Waals surface area (Å²) in [5.41, 5.74) is 0.691. The van der Waals surface area contributed by atoms with Crippen molar-refractivity contribution in [2.24, 2.45) is 0 Å². The van der Waals surface area contributed by atoms with E-state index in [1.165, 1.54) is 26.2 Å². The monoisotopic (exact) mass is 507 g/mol. The average Bonchev–Trinajstić information content (AvgIpc) is 2.80. The zero-order valence-corrected chi connectivity index (χ0v) is 23.1. The molecule has 0 radical (unpaired) electrons. The third-order valence-electron chi connectivity index (χ3n) is 5.11. The molecular formula is C27H41NO6S. The summed E-state index contributed by atoms with van der Waals surface area (Å²) in [7, 11) is -2.53. The first-order valence-electron chi connectivity index (χ1n) is 11.9. The molecule has 1 N–H and O–H groups in total. The molecule has 2 rings (SSSR count). The number of esters is 1. The highest BCUT2D eigenvalue weighted by atomic mass is 32.2. The number of benzene rings is 2. The number of carbonyl (C=O) groups excluding carboxylic acids is 1. The van der Waals surface area contributed by atoms with Crippen molar-refractivity contribution in [3.05, 3.63) is 54.1 Å². The van der Waals surface area contributed by atoms with Crippen LogP contribution in [0.1, 0.15) is 54.0 Å². The van der Waals surface area contributed by atoms with Gasteiger partial charge in [-0.2, -0.15) is 0 Å². The van der Waals surface area contributed by atoms with E-state index in [9.17, 15) is 13.2 Å². The third-order valence-corrected chi connectivity index (χ3v) is 7.50. The van der Waals surface area contributed by atoms with Gasteiger partial charge in [0.25, 0.3) is 0 Å². The van der Waals surface area contributed by atoms with Crippen LogP contribution in [0.3, 0.4) is 0 Å². The zero-order chi connectivity index (χ0) is 26.6. The van der Waals surface area contributed by atoms with E-state index in [1.54, 1.807) is 43.3 Å². The van der Waals surface area contributed by atoms with Gasteiger partial charge in [-0.25, -0.2) is 8.42 Å². The minimum absolute atomic E-state index is 0.0212. The molecule has 1 unspecified atom stereocenters. The number of carbonyl (C=O) groups is 1. The normalized spacial score (nSPS) is 13.0. The van der Waals surface area contributed by atoms with E-state index >= 15 is 0 Å². The lowest BCUT2D eigenvalue weighted by molar-refractivity contribution is -0.145. The molecule has 2 aromatic carbocycles. The van der Waals surface area contributed by atoms with Gasteiger partial charge in [-0.3, -0.25) is 4.79 Å². The van der Waals surface area contributed by atoms with E-state index in [1.807, 2.05) is 6.92 Å². The molecule has 0 saturated heterocycles. The quantitative estimate of drug-likeness (QED) is 0.436. The van der Waals surface area contributed by atoms with Gasteiger partial charge in [0, 0.05) is 18.5 Å². The largest absolute Gasteiger partial charge is 0.497 e. The van der Waals surface area contributed by atoms with Gasteiger partial charge in [-0.1, -0.05) is 39.8 Å². The number of hydrogen-bond donors (Lipinski definition) is 1. The van der Waals surface area contributed by atoms with Crippen LogP contribution in [0.5, 0.6) is 11.5 Å². The maximum absolute atomic E-state index is 13.4. The Morgan fingerprint density at radius 1 is 0.886 bits per heavy atom. The summed E-state index contributed by atoms with van der Waals surface area (Å²) in [6.07, 6.45) is -0.0212. The molecule has 196 valence electrons. The van der Waals surface area contributed by atoms with Crippen molar-refractivity contribution in [1.82, 2.24) is 5.32 Å². The molecule has 0 aliphatic carbocycles. The second-order valence-electron chi connectivity index (χ2n) is 8.86. The minimum atomic E-state index is -4.03. The first-order chi connectivity index (χ1) is 16.4. The van der Waals surface area contributed by atoms with Crippen LogP contribution < -0.4 is 14.8 Å². The summed E-state index contributed by atoms with van der Waals surface area (Å²) in [6, 6.07) is 14.2. The Hall–Kier alpha value is -2.58. The van der Waals surface area contributed by atoms with E-state index in [0.717, 1.165) is 0 Å². The Bertz CT molecular complexity index is 995. The van der Waals surface area contributed by atoms with Gasteiger partial charge in [-0.05, 0) is 62.7 Å². The molecule has 0 aliphatic heterocycles. The molecule has 0 bridgehead atoms. The average molecular weight is 508 g/mol. The van der Waals surface area contributed by atoms with Gasteiger partial charge in [0.1, 0.15) is 11.5 Å². The van der Waals surface area contributed by atoms with Gasteiger partial charge in [0.2, 0.25) is 0 Å². The third kappa shape index (κ3) is 8.85. The number of nitrogens with one attached hydrogen (secondary N) is 1. The maximum Gasteiger partial charge on any atom is 0.327 e.